The van der Waals surface area contributed by atoms with Crippen LogP contribution in [0.1, 0.15) is 0 Å². The fourth-order valence-corrected chi connectivity index (χ4v) is 7.30. The third-order valence-corrected chi connectivity index (χ3v) is 9.92. The number of para-hydroxylation sites is 2. The molecule has 0 saturated carbocycles. The Balaban J connectivity index is 1.11. The minimum absolute atomic E-state index is 0.603. The van der Waals surface area contributed by atoms with Gasteiger partial charge in [0.05, 0.1) is 45.2 Å². The molecule has 0 fully saturated rings. The van der Waals surface area contributed by atoms with Crippen LogP contribution in [0, 0.1) is 0 Å². The number of benzene rings is 5. The monoisotopic (exact) mass is 704 g/mol. The number of rotatable bonds is 7. The van der Waals surface area contributed by atoms with Gasteiger partial charge >= 0.3 is 0 Å². The lowest BCUT2D eigenvalue weighted by molar-refractivity contribution is 1.16. The molecule has 0 amide bonds. The molecule has 0 saturated heterocycles. The summed E-state index contributed by atoms with van der Waals surface area (Å²) in [6.45, 7) is 0. The van der Waals surface area contributed by atoms with Crippen LogP contribution in [-0.2, 0) is 0 Å². The zero-order valence-electron chi connectivity index (χ0n) is 29.7. The summed E-state index contributed by atoms with van der Waals surface area (Å²) in [6, 6.07) is 62.4. The van der Waals surface area contributed by atoms with Crippen LogP contribution in [0.3, 0.4) is 0 Å². The van der Waals surface area contributed by atoms with E-state index in [0.29, 0.717) is 5.82 Å². The number of pyridine rings is 3. The summed E-state index contributed by atoms with van der Waals surface area (Å²) in [5.74, 6) is 0.603. The van der Waals surface area contributed by atoms with Crippen LogP contribution in [0.5, 0.6) is 0 Å². The number of hydrogen-bond acceptors (Lipinski definition) is 5. The summed E-state index contributed by atoms with van der Waals surface area (Å²) >= 11 is 0. The van der Waals surface area contributed by atoms with Crippen molar-refractivity contribution >= 4 is 21.8 Å². The zero-order valence-corrected chi connectivity index (χ0v) is 29.7. The molecule has 0 bridgehead atoms. The summed E-state index contributed by atoms with van der Waals surface area (Å²) < 4.78 is 2.33. The van der Waals surface area contributed by atoms with E-state index in [0.717, 1.165) is 78.7 Å². The Labute approximate surface area is 318 Å². The zero-order chi connectivity index (χ0) is 36.6. The lowest BCUT2D eigenvalue weighted by Crippen LogP contribution is -1.99. The van der Waals surface area contributed by atoms with E-state index in [2.05, 4.69) is 125 Å². The second-order valence-corrected chi connectivity index (χ2v) is 13.4. The highest BCUT2D eigenvalue weighted by atomic mass is 15.0. The predicted octanol–water partition coefficient (Wildman–Crippen LogP) is 11.8. The van der Waals surface area contributed by atoms with Gasteiger partial charge in [0.2, 0.25) is 0 Å². The quantitative estimate of drug-likeness (QED) is 0.165. The van der Waals surface area contributed by atoms with Crippen molar-refractivity contribution in [2.45, 2.75) is 0 Å². The molecule has 55 heavy (non-hydrogen) atoms. The Morgan fingerprint density at radius 3 is 1.60 bits per heavy atom. The van der Waals surface area contributed by atoms with Crippen molar-refractivity contribution in [1.82, 2.24) is 29.5 Å². The van der Waals surface area contributed by atoms with Gasteiger partial charge in [-0.3, -0.25) is 9.97 Å². The van der Waals surface area contributed by atoms with Gasteiger partial charge in [-0.25, -0.2) is 15.0 Å². The van der Waals surface area contributed by atoms with Crippen molar-refractivity contribution in [3.05, 3.63) is 194 Å². The summed E-state index contributed by atoms with van der Waals surface area (Å²) in [6.07, 6.45) is 3.60. The average Bonchev–Trinajstić information content (AvgIpc) is 3.61. The van der Waals surface area contributed by atoms with E-state index in [1.54, 1.807) is 6.20 Å². The number of fused-ring (bicyclic) bond motifs is 3. The second-order valence-electron chi connectivity index (χ2n) is 13.4. The molecule has 0 radical (unpaired) electrons. The normalized spacial score (nSPS) is 11.3. The molecule has 10 aromatic rings. The van der Waals surface area contributed by atoms with Crippen LogP contribution in [0.15, 0.2) is 194 Å². The van der Waals surface area contributed by atoms with Crippen molar-refractivity contribution < 1.29 is 0 Å². The lowest BCUT2D eigenvalue weighted by atomic mass is 10.0. The van der Waals surface area contributed by atoms with Gasteiger partial charge in [-0.05, 0) is 77.9 Å². The van der Waals surface area contributed by atoms with Gasteiger partial charge in [0, 0.05) is 45.5 Å². The van der Waals surface area contributed by atoms with Crippen molar-refractivity contribution in [1.29, 1.82) is 0 Å². The number of nitrogens with zero attached hydrogens (tertiary/aromatic N) is 6. The Kier molecular flexibility index (Phi) is 8.04. The van der Waals surface area contributed by atoms with E-state index >= 15 is 0 Å². The van der Waals surface area contributed by atoms with Crippen LogP contribution < -0.4 is 0 Å². The standard InChI is InChI=1S/C49H32N6/c1-3-14-33(15-4-1)37-30-45(41-22-11-12-26-50-41)52-46(31-37)44-29-36(25-27-51-44)49-53-42(34-16-5-2-6-17-34)32-43(54-49)35-18-13-19-38(28-35)55-47-23-9-7-20-39(47)40-21-8-10-24-48(40)55/h1-32H. The molecule has 0 aliphatic carbocycles. The van der Waals surface area contributed by atoms with Gasteiger partial charge in [-0.1, -0.05) is 115 Å². The van der Waals surface area contributed by atoms with Crippen molar-refractivity contribution in [3.8, 4) is 73.5 Å². The maximum atomic E-state index is 5.23. The topological polar surface area (TPSA) is 69.4 Å². The smallest absolute Gasteiger partial charge is 0.160 e. The van der Waals surface area contributed by atoms with Gasteiger partial charge < -0.3 is 4.57 Å². The highest BCUT2D eigenvalue weighted by molar-refractivity contribution is 6.09. The molecule has 258 valence electrons. The second kappa shape index (κ2) is 13.8. The maximum Gasteiger partial charge on any atom is 0.160 e. The minimum Gasteiger partial charge on any atom is -0.309 e. The van der Waals surface area contributed by atoms with E-state index in [1.807, 2.05) is 72.9 Å². The molecular weight excluding hydrogens is 673 g/mol. The summed E-state index contributed by atoms with van der Waals surface area (Å²) in [5.41, 5.74) is 13.0. The first kappa shape index (κ1) is 32.1. The maximum absolute atomic E-state index is 5.23. The molecule has 0 N–H and O–H groups in total. The van der Waals surface area contributed by atoms with Gasteiger partial charge in [0.25, 0.3) is 0 Å². The Hall–Kier alpha value is -7.57. The van der Waals surface area contributed by atoms with E-state index in [-0.39, 0.29) is 0 Å². The number of hydrogen-bond donors (Lipinski definition) is 0. The SMILES string of the molecule is c1ccc(-c2cc(-c3ccccn3)nc(-c3cc(-c4nc(-c5ccccc5)cc(-c5cccc(-n6c7ccccc7c7ccccc76)c5)n4)ccn3)c2)cc1. The minimum atomic E-state index is 0.603. The molecule has 5 heterocycles. The first-order valence-electron chi connectivity index (χ1n) is 18.2. The molecule has 5 aromatic carbocycles. The molecular formula is C49H32N6. The fraction of sp³-hybridized carbons (Fsp3) is 0. The molecule has 0 unspecified atom stereocenters. The van der Waals surface area contributed by atoms with E-state index in [9.17, 15) is 0 Å². The summed E-state index contributed by atoms with van der Waals surface area (Å²) in [4.78, 5) is 24.9. The molecule has 5 aromatic heterocycles. The summed E-state index contributed by atoms with van der Waals surface area (Å²) in [7, 11) is 0. The largest absolute Gasteiger partial charge is 0.309 e. The Morgan fingerprint density at radius 2 is 0.891 bits per heavy atom. The van der Waals surface area contributed by atoms with Crippen molar-refractivity contribution in [3.63, 3.8) is 0 Å². The van der Waals surface area contributed by atoms with Crippen LogP contribution >= 0.6 is 0 Å². The summed E-state index contributed by atoms with van der Waals surface area (Å²) in [5, 5.41) is 2.45. The first-order chi connectivity index (χ1) is 27.2. The van der Waals surface area contributed by atoms with Gasteiger partial charge in [-0.2, -0.15) is 0 Å². The highest BCUT2D eigenvalue weighted by Crippen LogP contribution is 2.35. The highest BCUT2D eigenvalue weighted by Gasteiger charge is 2.16. The number of aromatic nitrogens is 6. The molecule has 6 nitrogen and oxygen atoms in total. The molecule has 0 aliphatic rings. The third kappa shape index (κ3) is 6.11. The van der Waals surface area contributed by atoms with Gasteiger partial charge in [0.15, 0.2) is 5.82 Å². The van der Waals surface area contributed by atoms with E-state index in [4.69, 9.17) is 19.9 Å². The fourth-order valence-electron chi connectivity index (χ4n) is 7.30. The van der Waals surface area contributed by atoms with Crippen molar-refractivity contribution in [2.75, 3.05) is 0 Å². The molecule has 10 rings (SSSR count). The third-order valence-electron chi connectivity index (χ3n) is 9.92. The van der Waals surface area contributed by atoms with Crippen LogP contribution in [0.4, 0.5) is 0 Å². The van der Waals surface area contributed by atoms with Gasteiger partial charge in [-0.15, -0.1) is 0 Å². The van der Waals surface area contributed by atoms with Crippen LogP contribution in [-0.4, -0.2) is 29.5 Å². The Bertz CT molecular complexity index is 2860. The van der Waals surface area contributed by atoms with E-state index in [1.165, 1.54) is 10.8 Å². The molecule has 0 aliphatic heterocycles. The molecule has 6 heteroatoms. The van der Waals surface area contributed by atoms with Gasteiger partial charge in [0.1, 0.15) is 0 Å². The van der Waals surface area contributed by atoms with Crippen molar-refractivity contribution in [2.24, 2.45) is 0 Å². The molecule has 0 spiro atoms. The molecule has 0 atom stereocenters. The Morgan fingerprint density at radius 1 is 0.309 bits per heavy atom. The van der Waals surface area contributed by atoms with E-state index < -0.39 is 0 Å². The lowest BCUT2D eigenvalue weighted by Gasteiger charge is -2.13. The van der Waals surface area contributed by atoms with Crippen LogP contribution in [0.25, 0.3) is 95.3 Å². The van der Waals surface area contributed by atoms with Crippen LogP contribution in [0.2, 0.25) is 0 Å². The average molecular weight is 705 g/mol. The first-order valence-corrected chi connectivity index (χ1v) is 18.2. The predicted molar refractivity (Wildman–Crippen MR) is 222 cm³/mol.